The highest BCUT2D eigenvalue weighted by Gasteiger charge is 2.30. The Balaban J connectivity index is 1.55. The minimum absolute atomic E-state index is 0.149. The van der Waals surface area contributed by atoms with Gasteiger partial charge in [0.05, 0.1) is 17.7 Å². The first-order chi connectivity index (χ1) is 14.5. The van der Waals surface area contributed by atoms with E-state index in [0.717, 1.165) is 31.2 Å². The summed E-state index contributed by atoms with van der Waals surface area (Å²) in [5.41, 5.74) is 1.29. The molecule has 2 aliphatic heterocycles. The van der Waals surface area contributed by atoms with Gasteiger partial charge in [0.2, 0.25) is 10.0 Å². The Labute approximate surface area is 177 Å². The average molecular weight is 431 g/mol. The normalized spacial score (nSPS) is 19.4. The molecule has 0 radical (unpaired) electrons. The fraction of sp³-hybridized carbons (Fsp3) is 0.409. The van der Waals surface area contributed by atoms with Crippen LogP contribution in [-0.4, -0.2) is 44.9 Å². The van der Waals surface area contributed by atoms with Crippen LogP contribution in [0, 0.1) is 0 Å². The minimum Gasteiger partial charge on any atom is -0.495 e. The van der Waals surface area contributed by atoms with E-state index in [1.165, 1.54) is 23.5 Å². The van der Waals surface area contributed by atoms with Crippen LogP contribution < -0.4 is 14.8 Å². The summed E-state index contributed by atoms with van der Waals surface area (Å²) in [7, 11) is -2.15. The third-order valence-electron chi connectivity index (χ3n) is 5.57. The first kappa shape index (κ1) is 20.7. The molecule has 2 aromatic carbocycles. The molecule has 0 aromatic heterocycles. The van der Waals surface area contributed by atoms with E-state index in [4.69, 9.17) is 9.47 Å². The third-order valence-corrected chi connectivity index (χ3v) is 7.47. The maximum atomic E-state index is 13.1. The zero-order chi connectivity index (χ0) is 21.1. The minimum atomic E-state index is -3.64. The topological polar surface area (TPSA) is 84.9 Å². The first-order valence-corrected chi connectivity index (χ1v) is 11.7. The van der Waals surface area contributed by atoms with Gasteiger partial charge in [0.1, 0.15) is 11.5 Å². The molecule has 1 amide bonds. The van der Waals surface area contributed by atoms with Crippen molar-refractivity contribution in [2.45, 2.75) is 43.1 Å². The highest BCUT2D eigenvalue weighted by Crippen LogP contribution is 2.32. The van der Waals surface area contributed by atoms with Crippen LogP contribution in [0.2, 0.25) is 0 Å². The highest BCUT2D eigenvalue weighted by atomic mass is 32.2. The summed E-state index contributed by atoms with van der Waals surface area (Å²) in [5, 5.41) is 2.79. The second-order valence-corrected chi connectivity index (χ2v) is 9.53. The van der Waals surface area contributed by atoms with Gasteiger partial charge in [0.15, 0.2) is 6.10 Å². The molecule has 160 valence electrons. The van der Waals surface area contributed by atoms with Gasteiger partial charge in [0.25, 0.3) is 5.91 Å². The van der Waals surface area contributed by atoms with Gasteiger partial charge in [0, 0.05) is 19.5 Å². The molecule has 1 saturated heterocycles. The van der Waals surface area contributed by atoms with Crippen molar-refractivity contribution in [1.29, 1.82) is 0 Å². The summed E-state index contributed by atoms with van der Waals surface area (Å²) in [6.45, 7) is 1.04. The van der Waals surface area contributed by atoms with Crippen LogP contribution in [0.1, 0.15) is 31.2 Å². The van der Waals surface area contributed by atoms with Crippen molar-refractivity contribution in [2.24, 2.45) is 0 Å². The lowest BCUT2D eigenvalue weighted by atomic mass is 10.1. The standard InChI is InChI=1S/C22H26N2O5S/c1-28-20-11-10-17(30(26,27)24-12-6-2-3-7-13-24)15-18(20)23-22(25)21-14-16-8-4-5-9-19(16)29-21/h4-5,8-11,15,21H,2-3,6-7,12-14H2,1H3,(H,23,25)/t21-/m1/s1. The van der Waals surface area contributed by atoms with Crippen molar-refractivity contribution in [3.8, 4) is 11.5 Å². The Morgan fingerprint density at radius 2 is 1.83 bits per heavy atom. The quantitative estimate of drug-likeness (QED) is 0.787. The molecule has 2 aromatic rings. The molecule has 2 aliphatic rings. The Morgan fingerprint density at radius 3 is 2.53 bits per heavy atom. The van der Waals surface area contributed by atoms with Gasteiger partial charge < -0.3 is 14.8 Å². The molecule has 0 spiro atoms. The average Bonchev–Trinajstić information content (AvgIpc) is 2.99. The molecule has 0 aliphatic carbocycles. The summed E-state index contributed by atoms with van der Waals surface area (Å²) in [6.07, 6.45) is 3.60. The summed E-state index contributed by atoms with van der Waals surface area (Å²) < 4.78 is 38.9. The number of benzene rings is 2. The van der Waals surface area contributed by atoms with Gasteiger partial charge in [-0.2, -0.15) is 4.31 Å². The Morgan fingerprint density at radius 1 is 1.10 bits per heavy atom. The van der Waals surface area contributed by atoms with Crippen LogP contribution in [0.3, 0.4) is 0 Å². The number of rotatable bonds is 5. The molecule has 0 saturated carbocycles. The number of carbonyl (C=O) groups is 1. The number of methoxy groups -OCH3 is 1. The molecule has 0 bridgehead atoms. The van der Waals surface area contributed by atoms with Gasteiger partial charge in [-0.1, -0.05) is 31.0 Å². The molecular weight excluding hydrogens is 404 g/mol. The van der Waals surface area contributed by atoms with E-state index in [1.54, 1.807) is 6.07 Å². The Hall–Kier alpha value is -2.58. The van der Waals surface area contributed by atoms with Crippen molar-refractivity contribution >= 4 is 21.6 Å². The molecular formula is C22H26N2O5S. The summed E-state index contributed by atoms with van der Waals surface area (Å²) in [6, 6.07) is 12.1. The number of ether oxygens (including phenoxy) is 2. The molecule has 0 unspecified atom stereocenters. The van der Waals surface area contributed by atoms with Gasteiger partial charge in [-0.05, 0) is 42.7 Å². The van der Waals surface area contributed by atoms with Crippen molar-refractivity contribution in [1.82, 2.24) is 4.31 Å². The molecule has 2 heterocycles. The second-order valence-electron chi connectivity index (χ2n) is 7.59. The van der Waals surface area contributed by atoms with Crippen molar-refractivity contribution in [3.63, 3.8) is 0 Å². The number of hydrogen-bond donors (Lipinski definition) is 1. The monoisotopic (exact) mass is 430 g/mol. The SMILES string of the molecule is COc1ccc(S(=O)(=O)N2CCCCCC2)cc1NC(=O)[C@H]1Cc2ccccc2O1. The molecule has 1 fully saturated rings. The van der Waals surface area contributed by atoms with E-state index in [2.05, 4.69) is 5.32 Å². The van der Waals surface area contributed by atoms with Crippen LogP contribution in [0.15, 0.2) is 47.4 Å². The highest BCUT2D eigenvalue weighted by molar-refractivity contribution is 7.89. The van der Waals surface area contributed by atoms with Gasteiger partial charge in [-0.15, -0.1) is 0 Å². The van der Waals surface area contributed by atoms with Crippen molar-refractivity contribution in [3.05, 3.63) is 48.0 Å². The number of amides is 1. The molecule has 8 heteroatoms. The van der Waals surface area contributed by atoms with Crippen LogP contribution in [-0.2, 0) is 21.2 Å². The van der Waals surface area contributed by atoms with Crippen LogP contribution in [0.4, 0.5) is 5.69 Å². The molecule has 7 nitrogen and oxygen atoms in total. The molecule has 4 rings (SSSR count). The van der Waals surface area contributed by atoms with E-state index in [0.29, 0.717) is 36.7 Å². The number of nitrogens with one attached hydrogen (secondary N) is 1. The number of nitrogens with zero attached hydrogens (tertiary/aromatic N) is 1. The fourth-order valence-corrected chi connectivity index (χ4v) is 5.46. The smallest absolute Gasteiger partial charge is 0.265 e. The maximum Gasteiger partial charge on any atom is 0.265 e. The number of fused-ring (bicyclic) bond motifs is 1. The fourth-order valence-electron chi connectivity index (χ4n) is 3.92. The first-order valence-electron chi connectivity index (χ1n) is 10.2. The van der Waals surface area contributed by atoms with Gasteiger partial charge in [-0.25, -0.2) is 8.42 Å². The van der Waals surface area contributed by atoms with Crippen LogP contribution >= 0.6 is 0 Å². The predicted molar refractivity (Wildman–Crippen MR) is 113 cm³/mol. The van der Waals surface area contributed by atoms with Crippen molar-refractivity contribution < 1.29 is 22.7 Å². The number of anilines is 1. The summed E-state index contributed by atoms with van der Waals surface area (Å²) in [4.78, 5) is 13.0. The Bertz CT molecular complexity index is 1000. The van der Waals surface area contributed by atoms with E-state index in [9.17, 15) is 13.2 Å². The number of para-hydroxylation sites is 1. The third kappa shape index (κ3) is 4.15. The van der Waals surface area contributed by atoms with Gasteiger partial charge >= 0.3 is 0 Å². The van der Waals surface area contributed by atoms with Crippen LogP contribution in [0.5, 0.6) is 11.5 Å². The molecule has 1 atom stereocenters. The molecule has 1 N–H and O–H groups in total. The zero-order valence-electron chi connectivity index (χ0n) is 17.0. The maximum absolute atomic E-state index is 13.1. The predicted octanol–water partition coefficient (Wildman–Crippen LogP) is 3.20. The van der Waals surface area contributed by atoms with E-state index in [-0.39, 0.29) is 10.8 Å². The van der Waals surface area contributed by atoms with Gasteiger partial charge in [-0.3, -0.25) is 4.79 Å². The lowest BCUT2D eigenvalue weighted by Crippen LogP contribution is -2.33. The Kier molecular flexibility index (Phi) is 5.97. The van der Waals surface area contributed by atoms with Crippen LogP contribution in [0.25, 0.3) is 0 Å². The molecule has 30 heavy (non-hydrogen) atoms. The number of carbonyl (C=O) groups excluding carboxylic acids is 1. The number of hydrogen-bond acceptors (Lipinski definition) is 5. The largest absolute Gasteiger partial charge is 0.495 e. The summed E-state index contributed by atoms with van der Waals surface area (Å²) >= 11 is 0. The lowest BCUT2D eigenvalue weighted by Gasteiger charge is -2.21. The second kappa shape index (κ2) is 8.65. The van der Waals surface area contributed by atoms with E-state index in [1.807, 2.05) is 24.3 Å². The summed E-state index contributed by atoms with van der Waals surface area (Å²) in [5.74, 6) is 0.754. The van der Waals surface area contributed by atoms with E-state index < -0.39 is 16.1 Å². The van der Waals surface area contributed by atoms with E-state index >= 15 is 0 Å². The van der Waals surface area contributed by atoms with Crippen molar-refractivity contribution in [2.75, 3.05) is 25.5 Å². The lowest BCUT2D eigenvalue weighted by molar-refractivity contribution is -0.122. The number of sulfonamides is 1. The zero-order valence-corrected chi connectivity index (χ0v) is 17.8.